The average Bonchev–Trinajstić information content (AvgIpc) is 2.92. The van der Waals surface area contributed by atoms with Crippen molar-refractivity contribution >= 4 is 22.8 Å². The van der Waals surface area contributed by atoms with Gasteiger partial charge in [0.15, 0.2) is 0 Å². The van der Waals surface area contributed by atoms with Gasteiger partial charge in [-0.2, -0.15) is 0 Å². The predicted molar refractivity (Wildman–Crippen MR) is 86.0 cm³/mol. The Bertz CT molecular complexity index is 748. The third-order valence-electron chi connectivity index (χ3n) is 4.55. The van der Waals surface area contributed by atoms with Crippen molar-refractivity contribution in [2.24, 2.45) is 5.41 Å². The molecule has 0 atom stereocenters. The molecule has 1 aromatic heterocycles. The van der Waals surface area contributed by atoms with E-state index in [1.807, 2.05) is 0 Å². The highest BCUT2D eigenvalue weighted by Crippen LogP contribution is 2.26. The van der Waals surface area contributed by atoms with Crippen LogP contribution >= 0.6 is 0 Å². The lowest BCUT2D eigenvalue weighted by atomic mass is 9.82. The summed E-state index contributed by atoms with van der Waals surface area (Å²) in [6.45, 7) is 5.40. The first kappa shape index (κ1) is 17.0. The van der Waals surface area contributed by atoms with Gasteiger partial charge in [-0.05, 0) is 43.5 Å². The summed E-state index contributed by atoms with van der Waals surface area (Å²) in [5, 5.41) is 12.8. The Hall–Kier alpha value is -2.37. The molecule has 0 radical (unpaired) electrons. The molecule has 23 heavy (non-hydrogen) atoms. The van der Waals surface area contributed by atoms with E-state index in [0.717, 1.165) is 10.9 Å². The zero-order valence-electron chi connectivity index (χ0n) is 13.5. The number of hydrogen-bond donors (Lipinski definition) is 3. The lowest BCUT2D eigenvalue weighted by Crippen LogP contribution is -2.42. The van der Waals surface area contributed by atoms with Crippen LogP contribution in [0.5, 0.6) is 0 Å². The van der Waals surface area contributed by atoms with E-state index < -0.39 is 17.3 Å². The Morgan fingerprint density at radius 2 is 1.91 bits per heavy atom. The van der Waals surface area contributed by atoms with E-state index in [2.05, 4.69) is 10.3 Å². The number of rotatable bonds is 6. The number of carbonyl (C=O) groups excluding carboxylic acids is 1. The molecule has 0 unspecified atom stereocenters. The fraction of sp³-hybridized carbons (Fsp3) is 0.412. The first-order valence-electron chi connectivity index (χ1n) is 7.63. The minimum absolute atomic E-state index is 0.0525. The normalized spacial score (nSPS) is 11.7. The highest BCUT2D eigenvalue weighted by molar-refractivity contribution is 5.99. The summed E-state index contributed by atoms with van der Waals surface area (Å²) >= 11 is 0. The number of carboxylic acids is 1. The van der Waals surface area contributed by atoms with Gasteiger partial charge in [0, 0.05) is 17.4 Å². The van der Waals surface area contributed by atoms with E-state index in [9.17, 15) is 19.1 Å². The van der Waals surface area contributed by atoms with Gasteiger partial charge < -0.3 is 15.4 Å². The van der Waals surface area contributed by atoms with Gasteiger partial charge in [-0.25, -0.2) is 4.39 Å². The number of halogens is 1. The average molecular weight is 320 g/mol. The molecule has 1 amide bonds. The summed E-state index contributed by atoms with van der Waals surface area (Å²) in [6.07, 6.45) is 0.853. The molecule has 2 rings (SSSR count). The van der Waals surface area contributed by atoms with E-state index in [0.29, 0.717) is 24.1 Å². The lowest BCUT2D eigenvalue weighted by molar-refractivity contribution is -0.149. The van der Waals surface area contributed by atoms with Crippen LogP contribution in [0.15, 0.2) is 18.2 Å². The molecular weight excluding hydrogens is 299 g/mol. The summed E-state index contributed by atoms with van der Waals surface area (Å²) < 4.78 is 13.4. The molecule has 5 nitrogen and oxygen atoms in total. The maximum absolute atomic E-state index is 13.4. The van der Waals surface area contributed by atoms with E-state index in [-0.39, 0.29) is 12.4 Å². The largest absolute Gasteiger partial charge is 0.481 e. The number of aromatic nitrogens is 1. The van der Waals surface area contributed by atoms with Crippen LogP contribution in [0.2, 0.25) is 0 Å². The highest BCUT2D eigenvalue weighted by Gasteiger charge is 2.35. The van der Waals surface area contributed by atoms with E-state index >= 15 is 0 Å². The fourth-order valence-electron chi connectivity index (χ4n) is 2.72. The molecule has 0 aliphatic rings. The van der Waals surface area contributed by atoms with Crippen LogP contribution < -0.4 is 5.32 Å². The van der Waals surface area contributed by atoms with Crippen LogP contribution in [0.4, 0.5) is 4.39 Å². The van der Waals surface area contributed by atoms with Crippen molar-refractivity contribution < 1.29 is 19.1 Å². The van der Waals surface area contributed by atoms with Crippen molar-refractivity contribution in [1.29, 1.82) is 0 Å². The van der Waals surface area contributed by atoms with Crippen LogP contribution in [0.3, 0.4) is 0 Å². The maximum atomic E-state index is 13.4. The van der Waals surface area contributed by atoms with Crippen LogP contribution in [0, 0.1) is 18.2 Å². The van der Waals surface area contributed by atoms with Gasteiger partial charge in [-0.1, -0.05) is 13.8 Å². The third-order valence-corrected chi connectivity index (χ3v) is 4.55. The predicted octanol–water partition coefficient (Wildman–Crippen LogP) is 3.24. The minimum Gasteiger partial charge on any atom is -0.481 e. The lowest BCUT2D eigenvalue weighted by Gasteiger charge is -2.26. The monoisotopic (exact) mass is 320 g/mol. The van der Waals surface area contributed by atoms with Crippen LogP contribution in [0.1, 0.15) is 42.7 Å². The number of hydrogen-bond acceptors (Lipinski definition) is 2. The van der Waals surface area contributed by atoms with Gasteiger partial charge in [0.2, 0.25) is 0 Å². The van der Waals surface area contributed by atoms with Gasteiger partial charge in [-0.3, -0.25) is 9.59 Å². The minimum atomic E-state index is -0.969. The van der Waals surface area contributed by atoms with Gasteiger partial charge in [-0.15, -0.1) is 0 Å². The smallest absolute Gasteiger partial charge is 0.311 e. The number of aliphatic carboxylic acids is 1. The number of amides is 1. The van der Waals surface area contributed by atoms with Crippen LogP contribution in [0.25, 0.3) is 10.9 Å². The second-order valence-corrected chi connectivity index (χ2v) is 5.84. The fourth-order valence-corrected chi connectivity index (χ4v) is 2.72. The quantitative estimate of drug-likeness (QED) is 0.764. The molecule has 1 heterocycles. The number of fused-ring (bicyclic) bond motifs is 1. The van der Waals surface area contributed by atoms with Gasteiger partial charge in [0.1, 0.15) is 11.5 Å². The molecule has 124 valence electrons. The summed E-state index contributed by atoms with van der Waals surface area (Å²) in [5.41, 5.74) is 0.601. The number of nitrogens with one attached hydrogen (secondary N) is 2. The van der Waals surface area contributed by atoms with E-state index in [1.165, 1.54) is 12.1 Å². The topological polar surface area (TPSA) is 82.2 Å². The Balaban J connectivity index is 2.21. The molecule has 6 heteroatoms. The molecule has 0 saturated heterocycles. The number of aromatic amines is 1. The Labute approximate surface area is 133 Å². The number of aryl methyl sites for hydroxylation is 1. The molecule has 0 saturated carbocycles. The summed E-state index contributed by atoms with van der Waals surface area (Å²) in [4.78, 5) is 26.6. The first-order valence-corrected chi connectivity index (χ1v) is 7.63. The van der Waals surface area contributed by atoms with Gasteiger partial charge >= 0.3 is 5.97 Å². The molecule has 0 spiro atoms. The maximum Gasteiger partial charge on any atom is 0.311 e. The number of carboxylic acid groups (broad SMARTS) is 1. The molecule has 1 aromatic carbocycles. The van der Waals surface area contributed by atoms with Crippen molar-refractivity contribution in [1.82, 2.24) is 10.3 Å². The second-order valence-electron chi connectivity index (χ2n) is 5.84. The van der Waals surface area contributed by atoms with Gasteiger partial charge in [0.05, 0.1) is 5.41 Å². The molecule has 0 aliphatic carbocycles. The standard InChI is InChI=1S/C17H21FN2O3/c1-4-17(5-2,16(22)23)9-19-15(21)14-8-12-10(3)6-11(18)7-13(12)20-14/h6-8,20H,4-5,9H2,1-3H3,(H,19,21)(H,22,23). The number of carbonyl (C=O) groups is 2. The summed E-state index contributed by atoms with van der Waals surface area (Å²) in [5.74, 6) is -1.68. The van der Waals surface area contributed by atoms with Crippen LogP contribution in [-0.2, 0) is 4.79 Å². The number of benzene rings is 1. The SMILES string of the molecule is CCC(CC)(CNC(=O)c1cc2c(C)cc(F)cc2[nH]1)C(=O)O. The highest BCUT2D eigenvalue weighted by atomic mass is 19.1. The molecule has 0 bridgehead atoms. The number of H-pyrrole nitrogens is 1. The Kier molecular flexibility index (Phi) is 4.73. The molecular formula is C17H21FN2O3. The van der Waals surface area contributed by atoms with Crippen molar-refractivity contribution in [2.75, 3.05) is 6.54 Å². The summed E-state index contributed by atoms with van der Waals surface area (Å²) in [7, 11) is 0. The van der Waals surface area contributed by atoms with Crippen molar-refractivity contribution in [3.8, 4) is 0 Å². The molecule has 2 aromatic rings. The summed E-state index contributed by atoms with van der Waals surface area (Å²) in [6, 6.07) is 4.39. The molecule has 0 fully saturated rings. The van der Waals surface area contributed by atoms with E-state index in [4.69, 9.17) is 0 Å². The van der Waals surface area contributed by atoms with Crippen LogP contribution in [-0.4, -0.2) is 28.5 Å². The first-order chi connectivity index (χ1) is 10.8. The van der Waals surface area contributed by atoms with Gasteiger partial charge in [0.25, 0.3) is 5.91 Å². The third kappa shape index (κ3) is 3.21. The second kappa shape index (κ2) is 6.40. The zero-order chi connectivity index (χ0) is 17.2. The van der Waals surface area contributed by atoms with Crippen molar-refractivity contribution in [3.63, 3.8) is 0 Å². The molecule has 0 aliphatic heterocycles. The van der Waals surface area contributed by atoms with Crippen molar-refractivity contribution in [2.45, 2.75) is 33.6 Å². The van der Waals surface area contributed by atoms with Crippen molar-refractivity contribution in [3.05, 3.63) is 35.3 Å². The van der Waals surface area contributed by atoms with E-state index in [1.54, 1.807) is 26.8 Å². The Morgan fingerprint density at radius 3 is 2.48 bits per heavy atom. The molecule has 3 N–H and O–H groups in total. The Morgan fingerprint density at radius 1 is 1.26 bits per heavy atom. The zero-order valence-corrected chi connectivity index (χ0v) is 13.5.